The molecule has 0 aromatic carbocycles. The highest BCUT2D eigenvalue weighted by molar-refractivity contribution is 5.00. The standard InChI is InChI=1S/C14H27NO/c1-13(2)8-5-7-11(12(13)16)15-10-6-9-14(15,3)4/h11-12,16H,5-10H2,1-4H3. The summed E-state index contributed by atoms with van der Waals surface area (Å²) in [5, 5.41) is 10.5. The maximum absolute atomic E-state index is 10.5. The van der Waals surface area contributed by atoms with Gasteiger partial charge in [0.15, 0.2) is 0 Å². The summed E-state index contributed by atoms with van der Waals surface area (Å²) in [5.74, 6) is 0. The van der Waals surface area contributed by atoms with E-state index >= 15 is 0 Å². The van der Waals surface area contributed by atoms with Crippen LogP contribution in [0, 0.1) is 5.41 Å². The lowest BCUT2D eigenvalue weighted by Gasteiger charge is -2.48. The van der Waals surface area contributed by atoms with Crippen LogP contribution in [0.15, 0.2) is 0 Å². The van der Waals surface area contributed by atoms with Crippen molar-refractivity contribution in [2.45, 2.75) is 77.5 Å². The fourth-order valence-electron chi connectivity index (χ4n) is 3.66. The first kappa shape index (κ1) is 12.4. The zero-order valence-corrected chi connectivity index (χ0v) is 11.3. The molecule has 0 bridgehead atoms. The van der Waals surface area contributed by atoms with Crippen molar-refractivity contribution in [2.24, 2.45) is 5.41 Å². The first-order chi connectivity index (χ1) is 7.34. The quantitative estimate of drug-likeness (QED) is 0.742. The fourth-order valence-corrected chi connectivity index (χ4v) is 3.66. The fraction of sp³-hybridized carbons (Fsp3) is 1.00. The molecule has 1 heterocycles. The van der Waals surface area contributed by atoms with Gasteiger partial charge in [-0.15, -0.1) is 0 Å². The maximum Gasteiger partial charge on any atom is 0.0746 e. The van der Waals surface area contributed by atoms with Crippen molar-refractivity contribution in [3.05, 3.63) is 0 Å². The topological polar surface area (TPSA) is 23.5 Å². The molecule has 1 aliphatic carbocycles. The van der Waals surface area contributed by atoms with Crippen LogP contribution in [0.25, 0.3) is 0 Å². The van der Waals surface area contributed by atoms with E-state index in [4.69, 9.17) is 0 Å². The lowest BCUT2D eigenvalue weighted by atomic mass is 9.71. The molecule has 2 fully saturated rings. The molecule has 2 rings (SSSR count). The van der Waals surface area contributed by atoms with Crippen molar-refractivity contribution in [3.63, 3.8) is 0 Å². The van der Waals surface area contributed by atoms with Crippen LogP contribution in [0.2, 0.25) is 0 Å². The Bertz CT molecular complexity index is 259. The molecule has 0 amide bonds. The van der Waals surface area contributed by atoms with Gasteiger partial charge < -0.3 is 5.11 Å². The number of hydrogen-bond donors (Lipinski definition) is 1. The van der Waals surface area contributed by atoms with Crippen molar-refractivity contribution >= 4 is 0 Å². The lowest BCUT2D eigenvalue weighted by Crippen LogP contribution is -2.56. The Kier molecular flexibility index (Phi) is 3.09. The van der Waals surface area contributed by atoms with E-state index in [1.165, 1.54) is 38.6 Å². The third kappa shape index (κ3) is 2.02. The Labute approximate surface area is 100 Å². The molecule has 16 heavy (non-hydrogen) atoms. The number of nitrogens with zero attached hydrogens (tertiary/aromatic N) is 1. The minimum atomic E-state index is -0.154. The van der Waals surface area contributed by atoms with Crippen molar-refractivity contribution < 1.29 is 5.11 Å². The van der Waals surface area contributed by atoms with Crippen LogP contribution >= 0.6 is 0 Å². The van der Waals surface area contributed by atoms with Gasteiger partial charge in [-0.05, 0) is 51.5 Å². The lowest BCUT2D eigenvalue weighted by molar-refractivity contribution is -0.0730. The normalized spacial score (nSPS) is 38.8. The highest BCUT2D eigenvalue weighted by atomic mass is 16.3. The van der Waals surface area contributed by atoms with Gasteiger partial charge in [-0.25, -0.2) is 0 Å². The molecular weight excluding hydrogens is 198 g/mol. The number of aliphatic hydroxyl groups is 1. The van der Waals surface area contributed by atoms with E-state index in [9.17, 15) is 5.11 Å². The summed E-state index contributed by atoms with van der Waals surface area (Å²) in [7, 11) is 0. The van der Waals surface area contributed by atoms with E-state index in [-0.39, 0.29) is 11.5 Å². The van der Waals surface area contributed by atoms with Crippen LogP contribution in [0.1, 0.15) is 59.8 Å². The second kappa shape index (κ2) is 3.99. The van der Waals surface area contributed by atoms with E-state index in [2.05, 4.69) is 32.6 Å². The Morgan fingerprint density at radius 3 is 2.31 bits per heavy atom. The van der Waals surface area contributed by atoms with Crippen LogP contribution in [0.3, 0.4) is 0 Å². The molecule has 2 atom stereocenters. The van der Waals surface area contributed by atoms with Crippen molar-refractivity contribution in [2.75, 3.05) is 6.54 Å². The van der Waals surface area contributed by atoms with Gasteiger partial charge in [0.2, 0.25) is 0 Å². The Balaban J connectivity index is 2.14. The van der Waals surface area contributed by atoms with E-state index in [1.54, 1.807) is 0 Å². The van der Waals surface area contributed by atoms with Gasteiger partial charge in [-0.2, -0.15) is 0 Å². The van der Waals surface area contributed by atoms with Gasteiger partial charge in [0.1, 0.15) is 0 Å². The highest BCUT2D eigenvalue weighted by Gasteiger charge is 2.45. The van der Waals surface area contributed by atoms with E-state index in [0.717, 1.165) is 0 Å². The largest absolute Gasteiger partial charge is 0.391 e. The van der Waals surface area contributed by atoms with Gasteiger partial charge in [0.25, 0.3) is 0 Å². The zero-order chi connectivity index (χ0) is 12.0. The first-order valence-electron chi connectivity index (χ1n) is 6.79. The molecule has 94 valence electrons. The minimum Gasteiger partial charge on any atom is -0.391 e. The minimum absolute atomic E-state index is 0.0988. The van der Waals surface area contributed by atoms with Crippen LogP contribution in [-0.4, -0.2) is 34.2 Å². The number of aliphatic hydroxyl groups excluding tert-OH is 1. The van der Waals surface area contributed by atoms with Crippen LogP contribution < -0.4 is 0 Å². The predicted octanol–water partition coefficient (Wildman–Crippen LogP) is 2.80. The van der Waals surface area contributed by atoms with Crippen LogP contribution in [0.4, 0.5) is 0 Å². The summed E-state index contributed by atoms with van der Waals surface area (Å²) in [6.45, 7) is 10.3. The molecule has 1 aliphatic heterocycles. The summed E-state index contributed by atoms with van der Waals surface area (Å²) < 4.78 is 0. The second-order valence-corrected chi connectivity index (χ2v) is 7.00. The number of rotatable bonds is 1. The van der Waals surface area contributed by atoms with Crippen molar-refractivity contribution in [3.8, 4) is 0 Å². The second-order valence-electron chi connectivity index (χ2n) is 7.00. The molecule has 0 radical (unpaired) electrons. The van der Waals surface area contributed by atoms with E-state index < -0.39 is 0 Å². The maximum atomic E-state index is 10.5. The molecule has 2 unspecified atom stereocenters. The van der Waals surface area contributed by atoms with Gasteiger partial charge in [0, 0.05) is 11.6 Å². The summed E-state index contributed by atoms with van der Waals surface area (Å²) in [6.07, 6.45) is 6.01. The summed E-state index contributed by atoms with van der Waals surface area (Å²) in [5.41, 5.74) is 0.390. The monoisotopic (exact) mass is 225 g/mol. The molecule has 0 aromatic heterocycles. The smallest absolute Gasteiger partial charge is 0.0746 e. The molecule has 0 aromatic rings. The van der Waals surface area contributed by atoms with Crippen LogP contribution in [-0.2, 0) is 0 Å². The van der Waals surface area contributed by atoms with E-state index in [1.807, 2.05) is 0 Å². The van der Waals surface area contributed by atoms with E-state index in [0.29, 0.717) is 11.6 Å². The van der Waals surface area contributed by atoms with Gasteiger partial charge >= 0.3 is 0 Å². The zero-order valence-electron chi connectivity index (χ0n) is 11.3. The molecule has 1 saturated carbocycles. The molecule has 2 aliphatic rings. The van der Waals surface area contributed by atoms with Gasteiger partial charge in [0.05, 0.1) is 6.10 Å². The number of likely N-dealkylation sites (tertiary alicyclic amines) is 1. The van der Waals surface area contributed by atoms with Gasteiger partial charge in [-0.1, -0.05) is 20.3 Å². The predicted molar refractivity (Wildman–Crippen MR) is 67.4 cm³/mol. The van der Waals surface area contributed by atoms with Gasteiger partial charge in [-0.3, -0.25) is 4.90 Å². The average molecular weight is 225 g/mol. The van der Waals surface area contributed by atoms with Crippen molar-refractivity contribution in [1.29, 1.82) is 0 Å². The molecule has 2 nitrogen and oxygen atoms in total. The molecule has 0 spiro atoms. The molecular formula is C14H27NO. The SMILES string of the molecule is CC1(C)CCCC(N2CCCC2(C)C)C1O. The summed E-state index contributed by atoms with van der Waals surface area (Å²) in [6, 6.07) is 0.390. The average Bonchev–Trinajstić information content (AvgIpc) is 2.50. The van der Waals surface area contributed by atoms with Crippen LogP contribution in [0.5, 0.6) is 0 Å². The molecule has 2 heteroatoms. The van der Waals surface area contributed by atoms with Crippen molar-refractivity contribution in [1.82, 2.24) is 4.90 Å². The third-order valence-electron chi connectivity index (χ3n) is 4.85. The molecule has 1 saturated heterocycles. The summed E-state index contributed by atoms with van der Waals surface area (Å²) in [4.78, 5) is 2.57. The Morgan fingerprint density at radius 1 is 1.06 bits per heavy atom. The Hall–Kier alpha value is -0.0800. The highest BCUT2D eigenvalue weighted by Crippen LogP contribution is 2.42. The Morgan fingerprint density at radius 2 is 1.75 bits per heavy atom. The first-order valence-corrected chi connectivity index (χ1v) is 6.79. The third-order valence-corrected chi connectivity index (χ3v) is 4.85. The number of hydrogen-bond acceptors (Lipinski definition) is 2. The summed E-state index contributed by atoms with van der Waals surface area (Å²) >= 11 is 0. The molecule has 1 N–H and O–H groups in total.